The van der Waals surface area contributed by atoms with Gasteiger partial charge in [0.15, 0.2) is 22.2 Å². The molecular formula is C24H16F3N3O5S. The fourth-order valence-electron chi connectivity index (χ4n) is 4.03. The lowest BCUT2D eigenvalue weighted by Crippen LogP contribution is -2.26. The van der Waals surface area contributed by atoms with Crippen LogP contribution in [0.25, 0.3) is 0 Å². The second kappa shape index (κ2) is 7.92. The maximum absolute atomic E-state index is 13.4. The number of fused-ring (bicyclic) bond motifs is 2. The Labute approximate surface area is 202 Å². The standard InChI is InChI=1S/C24H16F3N3O5S/c25-24(26,27)12-4-3-5-13(10-12)29-17-11-18(36(34,35)30(33)14-8-9-14)21(28)20-19(17)22(31)15-6-1-2-7-16(15)23(20)32/h1-7,10-11,29H,8-9,28H2. The van der Waals surface area contributed by atoms with Gasteiger partial charge in [-0.1, -0.05) is 34.5 Å². The molecule has 0 amide bonds. The zero-order chi connectivity index (χ0) is 26.0. The Morgan fingerprint density at radius 1 is 0.917 bits per heavy atom. The van der Waals surface area contributed by atoms with Crippen LogP contribution in [-0.4, -0.2) is 29.8 Å². The van der Waals surface area contributed by atoms with Crippen LogP contribution in [0.5, 0.6) is 0 Å². The maximum Gasteiger partial charge on any atom is 0.416 e. The van der Waals surface area contributed by atoms with Gasteiger partial charge in [0.1, 0.15) is 0 Å². The van der Waals surface area contributed by atoms with E-state index in [0.717, 1.165) is 24.3 Å². The molecule has 2 aliphatic carbocycles. The Morgan fingerprint density at radius 3 is 2.11 bits per heavy atom. The number of ketones is 2. The summed E-state index contributed by atoms with van der Waals surface area (Å²) in [5.41, 5.74) is 3.46. The molecule has 8 nitrogen and oxygen atoms in total. The van der Waals surface area contributed by atoms with Gasteiger partial charge in [-0.05, 0) is 24.3 Å². The van der Waals surface area contributed by atoms with E-state index in [0.29, 0.717) is 0 Å². The van der Waals surface area contributed by atoms with Crippen molar-refractivity contribution in [3.8, 4) is 0 Å². The van der Waals surface area contributed by atoms with Crippen LogP contribution in [0.15, 0.2) is 59.5 Å². The first-order chi connectivity index (χ1) is 16.9. The van der Waals surface area contributed by atoms with Gasteiger partial charge in [-0.15, -0.1) is 0 Å². The predicted molar refractivity (Wildman–Crippen MR) is 124 cm³/mol. The van der Waals surface area contributed by atoms with Crippen molar-refractivity contribution in [1.82, 2.24) is 0 Å². The second-order valence-electron chi connectivity index (χ2n) is 8.29. The number of nitrogens with two attached hydrogens (primary N) is 1. The largest absolute Gasteiger partial charge is 0.608 e. The van der Waals surface area contributed by atoms with Gasteiger partial charge in [0, 0.05) is 29.7 Å². The number of anilines is 3. The Morgan fingerprint density at radius 2 is 1.53 bits per heavy atom. The normalized spacial score (nSPS) is 14.8. The van der Waals surface area contributed by atoms with E-state index in [4.69, 9.17) is 5.73 Å². The van der Waals surface area contributed by atoms with Gasteiger partial charge in [-0.3, -0.25) is 9.59 Å². The summed E-state index contributed by atoms with van der Waals surface area (Å²) in [7, 11) is -4.77. The lowest BCUT2D eigenvalue weighted by atomic mass is 9.82. The fraction of sp³-hybridized carbons (Fsp3) is 0.125. The highest BCUT2D eigenvalue weighted by atomic mass is 32.2. The van der Waals surface area contributed by atoms with Gasteiger partial charge >= 0.3 is 16.2 Å². The van der Waals surface area contributed by atoms with Crippen molar-refractivity contribution in [2.45, 2.75) is 23.9 Å². The van der Waals surface area contributed by atoms with Crippen molar-refractivity contribution < 1.29 is 35.3 Å². The molecule has 1 fully saturated rings. The van der Waals surface area contributed by atoms with E-state index in [-0.39, 0.29) is 50.8 Å². The second-order valence-corrected chi connectivity index (χ2v) is 10.0. The third-order valence-corrected chi connectivity index (χ3v) is 7.49. The lowest BCUT2D eigenvalue weighted by molar-refractivity contribution is -0.277. The topological polar surface area (TPSA) is 132 Å². The van der Waals surface area contributed by atoms with E-state index in [9.17, 15) is 36.4 Å². The third-order valence-electron chi connectivity index (χ3n) is 5.90. The zero-order valence-corrected chi connectivity index (χ0v) is 19.0. The zero-order valence-electron chi connectivity index (χ0n) is 18.2. The van der Waals surface area contributed by atoms with Gasteiger partial charge < -0.3 is 16.3 Å². The first kappa shape index (κ1) is 23.5. The Balaban J connectivity index is 1.77. The number of carbonyl (C=O) groups is 2. The summed E-state index contributed by atoms with van der Waals surface area (Å²) in [6.45, 7) is 0. The summed E-state index contributed by atoms with van der Waals surface area (Å²) < 4.78 is 65.7. The van der Waals surface area contributed by atoms with Crippen molar-refractivity contribution in [3.05, 3.63) is 87.6 Å². The first-order valence-electron chi connectivity index (χ1n) is 10.6. The monoisotopic (exact) mass is 515 g/mol. The van der Waals surface area contributed by atoms with E-state index >= 15 is 0 Å². The van der Waals surface area contributed by atoms with Gasteiger partial charge in [0.2, 0.25) is 0 Å². The molecule has 3 aromatic rings. The highest BCUT2D eigenvalue weighted by Crippen LogP contribution is 2.41. The summed E-state index contributed by atoms with van der Waals surface area (Å²) in [5.74, 6) is -1.43. The summed E-state index contributed by atoms with van der Waals surface area (Å²) in [5, 5.41) is 15.1. The number of hydrogen-bond donors (Lipinski definition) is 2. The Hall–Kier alpha value is -4.19. The van der Waals surface area contributed by atoms with Gasteiger partial charge in [0.25, 0.3) is 0 Å². The minimum absolute atomic E-state index is 0.0168. The molecule has 0 aromatic heterocycles. The van der Waals surface area contributed by atoms with E-state index in [1.165, 1.54) is 30.3 Å². The summed E-state index contributed by atoms with van der Waals surface area (Å²) in [6, 6.07) is 10.7. The maximum atomic E-state index is 13.4. The van der Waals surface area contributed by atoms with Crippen LogP contribution < -0.4 is 11.1 Å². The molecular weight excluding hydrogens is 499 g/mol. The number of halogens is 3. The number of sulfonamides is 1. The molecule has 3 N–H and O–H groups in total. The Kier molecular flexibility index (Phi) is 5.18. The number of nitrogens with one attached hydrogen (secondary N) is 1. The van der Waals surface area contributed by atoms with Gasteiger partial charge in [-0.25, -0.2) is 0 Å². The number of nitrogens with zero attached hydrogens (tertiary/aromatic N) is 1. The van der Waals surface area contributed by atoms with Gasteiger partial charge in [0.05, 0.1) is 28.1 Å². The average molecular weight is 515 g/mol. The molecule has 36 heavy (non-hydrogen) atoms. The molecule has 0 spiro atoms. The minimum atomic E-state index is -4.77. The van der Waals surface area contributed by atoms with E-state index < -0.39 is 49.5 Å². The molecule has 184 valence electrons. The molecule has 2 aliphatic rings. The van der Waals surface area contributed by atoms with E-state index in [2.05, 4.69) is 5.32 Å². The van der Waals surface area contributed by atoms with Crippen LogP contribution in [-0.2, 0) is 16.2 Å². The highest BCUT2D eigenvalue weighted by molar-refractivity contribution is 7.85. The molecule has 0 heterocycles. The molecule has 5 rings (SSSR count). The number of rotatable bonds is 4. The third kappa shape index (κ3) is 3.70. The minimum Gasteiger partial charge on any atom is -0.608 e. The Bertz CT molecular complexity index is 1620. The number of nitrogen functional groups attached to an aromatic ring is 1. The molecule has 0 unspecified atom stereocenters. The first-order valence-corrected chi connectivity index (χ1v) is 12.0. The van der Waals surface area contributed by atoms with Crippen LogP contribution in [0, 0.1) is 5.21 Å². The van der Waals surface area contributed by atoms with Crippen molar-refractivity contribution in [1.29, 1.82) is 0 Å². The average Bonchev–Trinajstić information content (AvgIpc) is 3.68. The van der Waals surface area contributed by atoms with E-state index in [1.807, 2.05) is 0 Å². The summed E-state index contributed by atoms with van der Waals surface area (Å²) >= 11 is 0. The quantitative estimate of drug-likeness (QED) is 0.180. The summed E-state index contributed by atoms with van der Waals surface area (Å²) in [6.07, 6.45) is -4.12. The molecule has 3 aromatic carbocycles. The van der Waals surface area contributed by atoms with Crippen LogP contribution in [0.3, 0.4) is 0 Å². The molecule has 0 aliphatic heterocycles. The molecule has 0 atom stereocenters. The van der Waals surface area contributed by atoms with Crippen molar-refractivity contribution in [2.24, 2.45) is 0 Å². The van der Waals surface area contributed by atoms with Crippen LogP contribution in [0.2, 0.25) is 0 Å². The summed E-state index contributed by atoms with van der Waals surface area (Å²) in [4.78, 5) is 26.0. The predicted octanol–water partition coefficient (Wildman–Crippen LogP) is 4.24. The smallest absolute Gasteiger partial charge is 0.416 e. The van der Waals surface area contributed by atoms with Crippen LogP contribution in [0.1, 0.15) is 50.2 Å². The van der Waals surface area contributed by atoms with Crippen molar-refractivity contribution in [3.63, 3.8) is 0 Å². The fourth-order valence-corrected chi connectivity index (χ4v) is 5.38. The molecule has 1 saturated carbocycles. The highest BCUT2D eigenvalue weighted by Gasteiger charge is 2.41. The molecule has 0 bridgehead atoms. The SMILES string of the molecule is Nc1c(S(=O)(=O)[N+]([O-])=C2CC2)cc(Nc2cccc(C(F)(F)F)c2)c2c1C(=O)c1ccccc1C2=O. The number of alkyl halides is 3. The molecule has 12 heteroatoms. The lowest BCUT2D eigenvalue weighted by Gasteiger charge is -2.24. The van der Waals surface area contributed by atoms with Gasteiger partial charge in [-0.2, -0.15) is 21.6 Å². The van der Waals surface area contributed by atoms with Crippen molar-refractivity contribution in [2.75, 3.05) is 11.1 Å². The van der Waals surface area contributed by atoms with Crippen LogP contribution >= 0.6 is 0 Å². The number of carbonyl (C=O) groups excluding carboxylic acids is 2. The molecule has 0 saturated heterocycles. The van der Waals surface area contributed by atoms with Crippen molar-refractivity contribution >= 4 is 44.4 Å². The van der Waals surface area contributed by atoms with E-state index in [1.54, 1.807) is 0 Å². The number of benzene rings is 3. The molecule has 0 radical (unpaired) electrons. The number of hydrogen-bond acceptors (Lipinski definition) is 7. The van der Waals surface area contributed by atoms with Crippen LogP contribution in [0.4, 0.5) is 30.2 Å².